The summed E-state index contributed by atoms with van der Waals surface area (Å²) >= 11 is 0. The summed E-state index contributed by atoms with van der Waals surface area (Å²) in [6.45, 7) is 3.83. The number of piperidine rings is 1. The Balaban J connectivity index is 1.84. The number of hydrogen-bond acceptors (Lipinski definition) is 3. The fourth-order valence-electron chi connectivity index (χ4n) is 2.73. The lowest BCUT2D eigenvalue weighted by molar-refractivity contribution is -0.132. The molecular weight excluding hydrogens is 204 g/mol. The molecule has 2 aliphatic heterocycles. The van der Waals surface area contributed by atoms with E-state index in [4.69, 9.17) is 4.74 Å². The van der Waals surface area contributed by atoms with Crippen LogP contribution in [0.15, 0.2) is 0 Å². The minimum absolute atomic E-state index is 0.257. The van der Waals surface area contributed by atoms with Crippen molar-refractivity contribution in [2.24, 2.45) is 5.92 Å². The first kappa shape index (κ1) is 11.9. The predicted octanol–water partition coefficient (Wildman–Crippen LogP) is 0.623. The molecule has 0 saturated carbocycles. The molecule has 0 aromatic carbocycles. The van der Waals surface area contributed by atoms with E-state index in [9.17, 15) is 4.79 Å². The Labute approximate surface area is 97.3 Å². The third kappa shape index (κ3) is 2.74. The zero-order valence-electron chi connectivity index (χ0n) is 10.1. The molecule has 0 aliphatic carbocycles. The molecule has 2 atom stereocenters. The molecule has 2 aliphatic rings. The molecule has 1 amide bonds. The zero-order chi connectivity index (χ0) is 11.4. The standard InChI is InChI=1S/C12H22N2O2/c1-16-11-4-5-13-9-10(11)8-12(15)14-6-2-3-7-14/h10-11,13H,2-9H2,1H3/t10-,11-/m1/s1. The SMILES string of the molecule is CO[C@@H]1CCNC[C@H]1CC(=O)N1CCCC1. The summed E-state index contributed by atoms with van der Waals surface area (Å²) < 4.78 is 5.46. The second-order valence-electron chi connectivity index (χ2n) is 4.82. The van der Waals surface area contributed by atoms with E-state index in [1.54, 1.807) is 7.11 Å². The highest BCUT2D eigenvalue weighted by Gasteiger charge is 2.29. The van der Waals surface area contributed by atoms with Gasteiger partial charge in [-0.05, 0) is 25.8 Å². The van der Waals surface area contributed by atoms with Crippen LogP contribution in [0, 0.1) is 5.92 Å². The third-order valence-corrected chi connectivity index (χ3v) is 3.74. The van der Waals surface area contributed by atoms with Crippen LogP contribution >= 0.6 is 0 Å². The Bertz CT molecular complexity index is 239. The smallest absolute Gasteiger partial charge is 0.222 e. The number of nitrogens with zero attached hydrogens (tertiary/aromatic N) is 1. The molecule has 92 valence electrons. The van der Waals surface area contributed by atoms with Gasteiger partial charge in [0.15, 0.2) is 0 Å². The average molecular weight is 226 g/mol. The van der Waals surface area contributed by atoms with Crippen LogP contribution in [-0.4, -0.2) is 50.2 Å². The maximum Gasteiger partial charge on any atom is 0.222 e. The van der Waals surface area contributed by atoms with E-state index in [0.717, 1.165) is 32.6 Å². The van der Waals surface area contributed by atoms with Crippen LogP contribution in [0.25, 0.3) is 0 Å². The summed E-state index contributed by atoms with van der Waals surface area (Å²) in [5.41, 5.74) is 0. The Morgan fingerprint density at radius 3 is 2.88 bits per heavy atom. The quantitative estimate of drug-likeness (QED) is 0.767. The normalized spacial score (nSPS) is 30.7. The minimum Gasteiger partial charge on any atom is -0.381 e. The molecule has 0 unspecified atom stereocenters. The van der Waals surface area contributed by atoms with Crippen molar-refractivity contribution in [3.63, 3.8) is 0 Å². The van der Waals surface area contributed by atoms with Gasteiger partial charge in [0, 0.05) is 39.1 Å². The molecule has 2 saturated heterocycles. The van der Waals surface area contributed by atoms with Crippen molar-refractivity contribution in [1.29, 1.82) is 0 Å². The Hall–Kier alpha value is -0.610. The number of nitrogens with one attached hydrogen (secondary N) is 1. The molecule has 1 N–H and O–H groups in total. The number of amides is 1. The van der Waals surface area contributed by atoms with Gasteiger partial charge in [0.1, 0.15) is 0 Å². The van der Waals surface area contributed by atoms with Gasteiger partial charge in [-0.2, -0.15) is 0 Å². The summed E-state index contributed by atoms with van der Waals surface area (Å²) in [5.74, 6) is 0.667. The molecule has 0 aromatic rings. The number of carbonyl (C=O) groups excluding carboxylic acids is 1. The van der Waals surface area contributed by atoms with Crippen molar-refractivity contribution < 1.29 is 9.53 Å². The first-order valence-electron chi connectivity index (χ1n) is 6.32. The summed E-state index contributed by atoms with van der Waals surface area (Å²) in [5, 5.41) is 3.34. The van der Waals surface area contributed by atoms with E-state index in [-0.39, 0.29) is 6.10 Å². The van der Waals surface area contributed by atoms with Crippen molar-refractivity contribution in [3.8, 4) is 0 Å². The summed E-state index contributed by atoms with van der Waals surface area (Å²) in [6.07, 6.45) is 4.26. The van der Waals surface area contributed by atoms with Crippen LogP contribution in [0.3, 0.4) is 0 Å². The van der Waals surface area contributed by atoms with Gasteiger partial charge in [-0.3, -0.25) is 4.79 Å². The lowest BCUT2D eigenvalue weighted by Gasteiger charge is -2.31. The Kier molecular flexibility index (Phi) is 4.18. The molecule has 0 spiro atoms. The number of methoxy groups -OCH3 is 1. The maximum absolute atomic E-state index is 12.0. The van der Waals surface area contributed by atoms with Crippen molar-refractivity contribution >= 4 is 5.91 Å². The van der Waals surface area contributed by atoms with Crippen LogP contribution in [0.1, 0.15) is 25.7 Å². The van der Waals surface area contributed by atoms with Crippen molar-refractivity contribution in [2.75, 3.05) is 33.3 Å². The van der Waals surface area contributed by atoms with E-state index < -0.39 is 0 Å². The van der Waals surface area contributed by atoms with Crippen LogP contribution in [-0.2, 0) is 9.53 Å². The van der Waals surface area contributed by atoms with Gasteiger partial charge in [-0.25, -0.2) is 0 Å². The first-order chi connectivity index (χ1) is 7.81. The Morgan fingerprint density at radius 1 is 1.44 bits per heavy atom. The first-order valence-corrected chi connectivity index (χ1v) is 6.32. The maximum atomic E-state index is 12.0. The summed E-state index contributed by atoms with van der Waals surface area (Å²) in [6, 6.07) is 0. The number of carbonyl (C=O) groups is 1. The second-order valence-corrected chi connectivity index (χ2v) is 4.82. The number of hydrogen-bond donors (Lipinski definition) is 1. The summed E-state index contributed by atoms with van der Waals surface area (Å²) in [7, 11) is 1.75. The van der Waals surface area contributed by atoms with E-state index in [0.29, 0.717) is 18.2 Å². The molecule has 4 nitrogen and oxygen atoms in total. The van der Waals surface area contributed by atoms with Gasteiger partial charge < -0.3 is 15.0 Å². The minimum atomic E-state index is 0.257. The molecule has 16 heavy (non-hydrogen) atoms. The van der Waals surface area contributed by atoms with E-state index >= 15 is 0 Å². The van der Waals surface area contributed by atoms with Gasteiger partial charge in [-0.15, -0.1) is 0 Å². The highest BCUT2D eigenvalue weighted by molar-refractivity contribution is 5.76. The van der Waals surface area contributed by atoms with Gasteiger partial charge in [0.05, 0.1) is 6.10 Å². The molecule has 0 radical (unpaired) electrons. The highest BCUT2D eigenvalue weighted by Crippen LogP contribution is 2.20. The van der Waals surface area contributed by atoms with Gasteiger partial charge in [0.2, 0.25) is 5.91 Å². The number of ether oxygens (including phenoxy) is 1. The van der Waals surface area contributed by atoms with Gasteiger partial charge in [-0.1, -0.05) is 0 Å². The summed E-state index contributed by atoms with van der Waals surface area (Å²) in [4.78, 5) is 14.0. The molecule has 0 bridgehead atoms. The highest BCUT2D eigenvalue weighted by atomic mass is 16.5. The van der Waals surface area contributed by atoms with Crippen LogP contribution in [0.4, 0.5) is 0 Å². The number of rotatable bonds is 3. The third-order valence-electron chi connectivity index (χ3n) is 3.74. The average Bonchev–Trinajstić information content (AvgIpc) is 2.83. The number of likely N-dealkylation sites (tertiary alicyclic amines) is 1. The predicted molar refractivity (Wildman–Crippen MR) is 62.2 cm³/mol. The molecule has 2 rings (SSSR count). The molecule has 2 heterocycles. The van der Waals surface area contributed by atoms with Gasteiger partial charge in [0.25, 0.3) is 0 Å². The molecular formula is C12H22N2O2. The largest absolute Gasteiger partial charge is 0.381 e. The van der Waals surface area contributed by atoms with Crippen LogP contribution in [0.2, 0.25) is 0 Å². The Morgan fingerprint density at radius 2 is 2.19 bits per heavy atom. The lowest BCUT2D eigenvalue weighted by Crippen LogP contribution is -2.43. The van der Waals surface area contributed by atoms with E-state index in [1.807, 2.05) is 4.90 Å². The van der Waals surface area contributed by atoms with Gasteiger partial charge >= 0.3 is 0 Å². The van der Waals surface area contributed by atoms with Crippen LogP contribution < -0.4 is 5.32 Å². The molecule has 0 aromatic heterocycles. The van der Waals surface area contributed by atoms with Crippen molar-refractivity contribution in [3.05, 3.63) is 0 Å². The monoisotopic (exact) mass is 226 g/mol. The fraction of sp³-hybridized carbons (Fsp3) is 0.917. The van der Waals surface area contributed by atoms with E-state index in [2.05, 4.69) is 5.32 Å². The second kappa shape index (κ2) is 5.64. The fourth-order valence-corrected chi connectivity index (χ4v) is 2.73. The zero-order valence-corrected chi connectivity index (χ0v) is 10.1. The van der Waals surface area contributed by atoms with E-state index in [1.165, 1.54) is 12.8 Å². The molecule has 4 heteroatoms. The van der Waals surface area contributed by atoms with Crippen molar-refractivity contribution in [2.45, 2.75) is 31.8 Å². The lowest BCUT2D eigenvalue weighted by atomic mass is 9.92. The topological polar surface area (TPSA) is 41.6 Å². The van der Waals surface area contributed by atoms with Crippen LogP contribution in [0.5, 0.6) is 0 Å². The van der Waals surface area contributed by atoms with Crippen molar-refractivity contribution in [1.82, 2.24) is 10.2 Å². The molecule has 2 fully saturated rings.